The first-order valence-corrected chi connectivity index (χ1v) is 10.2. The van der Waals surface area contributed by atoms with Crippen LogP contribution in [-0.2, 0) is 11.4 Å². The van der Waals surface area contributed by atoms with Gasteiger partial charge in [0.2, 0.25) is 5.91 Å². The summed E-state index contributed by atoms with van der Waals surface area (Å²) in [4.78, 5) is 34.7. The van der Waals surface area contributed by atoms with Gasteiger partial charge in [0.25, 0.3) is 5.91 Å². The third kappa shape index (κ3) is 6.28. The van der Waals surface area contributed by atoms with E-state index in [1.54, 1.807) is 49.9 Å². The molecule has 0 spiro atoms. The minimum Gasteiger partial charge on any atom is -0.490 e. The van der Waals surface area contributed by atoms with E-state index < -0.39 is 0 Å². The molecule has 0 atom stereocenters. The molecule has 0 aliphatic rings. The summed E-state index contributed by atoms with van der Waals surface area (Å²) in [5, 5.41) is 2.70. The third-order valence-electron chi connectivity index (χ3n) is 4.52. The number of pyridine rings is 2. The predicted molar refractivity (Wildman–Crippen MR) is 121 cm³/mol. The van der Waals surface area contributed by atoms with Gasteiger partial charge >= 0.3 is 0 Å². The summed E-state index contributed by atoms with van der Waals surface area (Å²) < 4.78 is 11.5. The first-order chi connectivity index (χ1) is 15.5. The van der Waals surface area contributed by atoms with Crippen LogP contribution in [0.1, 0.15) is 28.4 Å². The molecule has 2 heterocycles. The van der Waals surface area contributed by atoms with Crippen LogP contribution < -0.4 is 14.8 Å². The van der Waals surface area contributed by atoms with Crippen LogP contribution >= 0.6 is 0 Å². The van der Waals surface area contributed by atoms with Crippen LogP contribution in [0.2, 0.25) is 0 Å². The molecule has 0 bridgehead atoms. The second-order valence-corrected chi connectivity index (χ2v) is 7.17. The van der Waals surface area contributed by atoms with Crippen LogP contribution in [0.4, 0.5) is 5.82 Å². The third-order valence-corrected chi connectivity index (χ3v) is 4.52. The number of hydrogen-bond acceptors (Lipinski definition) is 6. The quantitative estimate of drug-likeness (QED) is 0.554. The Morgan fingerprint density at radius 2 is 1.91 bits per heavy atom. The Morgan fingerprint density at radius 3 is 2.62 bits per heavy atom. The van der Waals surface area contributed by atoms with Crippen molar-refractivity contribution in [3.63, 3.8) is 0 Å². The van der Waals surface area contributed by atoms with Gasteiger partial charge in [-0.15, -0.1) is 0 Å². The van der Waals surface area contributed by atoms with E-state index >= 15 is 0 Å². The van der Waals surface area contributed by atoms with E-state index in [0.29, 0.717) is 36.1 Å². The van der Waals surface area contributed by atoms with Gasteiger partial charge in [0, 0.05) is 36.8 Å². The van der Waals surface area contributed by atoms with Crippen molar-refractivity contribution in [1.82, 2.24) is 14.9 Å². The molecule has 8 heteroatoms. The number of carbonyl (C=O) groups is 2. The normalized spacial score (nSPS) is 10.3. The summed E-state index contributed by atoms with van der Waals surface area (Å²) in [7, 11) is 1.57. The van der Waals surface area contributed by atoms with Crippen LogP contribution in [-0.4, -0.2) is 46.9 Å². The van der Waals surface area contributed by atoms with Crippen LogP contribution in [0.3, 0.4) is 0 Å². The van der Waals surface area contributed by atoms with Crippen molar-refractivity contribution in [1.29, 1.82) is 0 Å². The highest BCUT2D eigenvalue weighted by Crippen LogP contribution is 2.29. The van der Waals surface area contributed by atoms with E-state index in [1.807, 2.05) is 32.0 Å². The number of aryl methyl sites for hydroxylation is 1. The molecule has 0 radical (unpaired) electrons. The highest BCUT2D eigenvalue weighted by Gasteiger charge is 2.18. The molecule has 0 aliphatic heterocycles. The average molecular weight is 434 g/mol. The van der Waals surface area contributed by atoms with E-state index in [0.717, 1.165) is 11.1 Å². The van der Waals surface area contributed by atoms with E-state index in [-0.39, 0.29) is 18.4 Å². The second-order valence-electron chi connectivity index (χ2n) is 7.17. The molecule has 0 saturated carbocycles. The topological polar surface area (TPSA) is 93.7 Å². The maximum atomic E-state index is 12.9. The van der Waals surface area contributed by atoms with Gasteiger partial charge in [-0.2, -0.15) is 0 Å². The van der Waals surface area contributed by atoms with Crippen LogP contribution in [0, 0.1) is 6.92 Å². The maximum Gasteiger partial charge on any atom is 0.254 e. The average Bonchev–Trinajstić information content (AvgIpc) is 2.78. The SMILES string of the molecule is CCOc1cc(C(=O)N(C)CC(=O)Nc2cc(C)ccn2)ccc1OCc1cccnc1. The fraction of sp³-hybridized carbons (Fsp3) is 0.250. The molecule has 1 aromatic carbocycles. The lowest BCUT2D eigenvalue weighted by atomic mass is 10.1. The number of amides is 2. The van der Waals surface area contributed by atoms with Crippen molar-refractivity contribution in [2.75, 3.05) is 25.5 Å². The van der Waals surface area contributed by atoms with Crippen molar-refractivity contribution in [3.05, 3.63) is 77.7 Å². The molecule has 2 aromatic heterocycles. The Bertz CT molecular complexity index is 1070. The van der Waals surface area contributed by atoms with Gasteiger partial charge in [0.05, 0.1) is 13.2 Å². The Morgan fingerprint density at radius 1 is 1.06 bits per heavy atom. The Kier molecular flexibility index (Phi) is 7.75. The van der Waals surface area contributed by atoms with E-state index in [2.05, 4.69) is 15.3 Å². The molecular formula is C24H26N4O4. The van der Waals surface area contributed by atoms with Crippen molar-refractivity contribution >= 4 is 17.6 Å². The number of anilines is 1. The molecule has 0 aliphatic carbocycles. The second kappa shape index (κ2) is 10.9. The van der Waals surface area contributed by atoms with Gasteiger partial charge in [-0.3, -0.25) is 14.6 Å². The van der Waals surface area contributed by atoms with Gasteiger partial charge in [-0.1, -0.05) is 6.07 Å². The zero-order chi connectivity index (χ0) is 22.9. The summed E-state index contributed by atoms with van der Waals surface area (Å²) >= 11 is 0. The number of rotatable bonds is 9. The van der Waals surface area contributed by atoms with Crippen molar-refractivity contribution in [2.24, 2.45) is 0 Å². The van der Waals surface area contributed by atoms with Gasteiger partial charge in [-0.25, -0.2) is 4.98 Å². The molecule has 0 saturated heterocycles. The Labute approximate surface area is 187 Å². The smallest absolute Gasteiger partial charge is 0.254 e. The molecule has 166 valence electrons. The highest BCUT2D eigenvalue weighted by atomic mass is 16.5. The number of nitrogens with one attached hydrogen (secondary N) is 1. The Hall–Kier alpha value is -3.94. The summed E-state index contributed by atoms with van der Waals surface area (Å²) in [6.07, 6.45) is 5.04. The molecule has 0 unspecified atom stereocenters. The monoisotopic (exact) mass is 434 g/mol. The minimum absolute atomic E-state index is 0.113. The van der Waals surface area contributed by atoms with E-state index in [9.17, 15) is 9.59 Å². The number of benzene rings is 1. The molecule has 3 aromatic rings. The standard InChI is InChI=1S/C24H26N4O4/c1-4-31-21-13-19(7-8-20(21)32-16-18-6-5-10-25-14-18)24(30)28(3)15-23(29)27-22-12-17(2)9-11-26-22/h5-14H,4,15-16H2,1-3H3,(H,26,27,29). The zero-order valence-corrected chi connectivity index (χ0v) is 18.4. The molecular weight excluding hydrogens is 408 g/mol. The number of aromatic nitrogens is 2. The van der Waals surface area contributed by atoms with Crippen LogP contribution in [0.25, 0.3) is 0 Å². The van der Waals surface area contributed by atoms with Gasteiger partial charge in [-0.05, 0) is 55.8 Å². The number of ether oxygens (including phenoxy) is 2. The van der Waals surface area contributed by atoms with Crippen molar-refractivity contribution in [2.45, 2.75) is 20.5 Å². The van der Waals surface area contributed by atoms with E-state index in [1.165, 1.54) is 4.90 Å². The number of hydrogen-bond donors (Lipinski definition) is 1. The first-order valence-electron chi connectivity index (χ1n) is 10.2. The van der Waals surface area contributed by atoms with Crippen molar-refractivity contribution in [3.8, 4) is 11.5 Å². The summed E-state index contributed by atoms with van der Waals surface area (Å²) in [6.45, 7) is 4.40. The molecule has 32 heavy (non-hydrogen) atoms. The molecule has 0 fully saturated rings. The van der Waals surface area contributed by atoms with Crippen molar-refractivity contribution < 1.29 is 19.1 Å². The zero-order valence-electron chi connectivity index (χ0n) is 18.4. The lowest BCUT2D eigenvalue weighted by Gasteiger charge is -2.18. The predicted octanol–water partition coefficient (Wildman–Crippen LogP) is 3.47. The fourth-order valence-corrected chi connectivity index (χ4v) is 2.97. The summed E-state index contributed by atoms with van der Waals surface area (Å²) in [5.74, 6) is 0.796. The van der Waals surface area contributed by atoms with Gasteiger partial charge in [0.15, 0.2) is 11.5 Å². The Balaban J connectivity index is 1.65. The summed E-state index contributed by atoms with van der Waals surface area (Å²) in [6, 6.07) is 12.3. The summed E-state index contributed by atoms with van der Waals surface area (Å²) in [5.41, 5.74) is 2.30. The maximum absolute atomic E-state index is 12.9. The van der Waals surface area contributed by atoms with Crippen LogP contribution in [0.15, 0.2) is 61.1 Å². The largest absolute Gasteiger partial charge is 0.490 e. The highest BCUT2D eigenvalue weighted by molar-refractivity contribution is 5.99. The van der Waals surface area contributed by atoms with Gasteiger partial charge in [0.1, 0.15) is 12.4 Å². The van der Waals surface area contributed by atoms with Crippen LogP contribution in [0.5, 0.6) is 11.5 Å². The van der Waals surface area contributed by atoms with E-state index in [4.69, 9.17) is 9.47 Å². The number of nitrogens with zero attached hydrogens (tertiary/aromatic N) is 3. The lowest BCUT2D eigenvalue weighted by molar-refractivity contribution is -0.116. The first kappa shape index (κ1) is 22.7. The number of carbonyl (C=O) groups excluding carboxylic acids is 2. The molecule has 3 rings (SSSR count). The fourth-order valence-electron chi connectivity index (χ4n) is 2.97. The number of likely N-dealkylation sites (N-methyl/N-ethyl adjacent to an activating group) is 1. The molecule has 2 amide bonds. The molecule has 1 N–H and O–H groups in total. The minimum atomic E-state index is -0.333. The molecule has 8 nitrogen and oxygen atoms in total. The van der Waals surface area contributed by atoms with Gasteiger partial charge < -0.3 is 19.7 Å². The lowest BCUT2D eigenvalue weighted by Crippen LogP contribution is -2.35.